The number of amides is 1. The van der Waals surface area contributed by atoms with E-state index in [1.807, 2.05) is 38.4 Å². The predicted octanol–water partition coefficient (Wildman–Crippen LogP) is 1.70. The highest BCUT2D eigenvalue weighted by atomic mass is 32.1. The van der Waals surface area contributed by atoms with Gasteiger partial charge in [0.05, 0.1) is 13.1 Å². The van der Waals surface area contributed by atoms with Gasteiger partial charge >= 0.3 is 0 Å². The summed E-state index contributed by atoms with van der Waals surface area (Å²) in [6.07, 6.45) is 0. The van der Waals surface area contributed by atoms with E-state index < -0.39 is 0 Å². The van der Waals surface area contributed by atoms with E-state index in [0.29, 0.717) is 19.1 Å². The van der Waals surface area contributed by atoms with E-state index in [1.165, 1.54) is 4.88 Å². The van der Waals surface area contributed by atoms with Crippen LogP contribution < -0.4 is 5.32 Å². The highest BCUT2D eigenvalue weighted by Crippen LogP contribution is 2.10. The first-order valence-corrected chi connectivity index (χ1v) is 5.97. The fourth-order valence-electron chi connectivity index (χ4n) is 1.15. The SMILES string of the molecule is CC(C)NCC(=O)N(C)Cc1cccs1. The molecule has 15 heavy (non-hydrogen) atoms. The van der Waals surface area contributed by atoms with Gasteiger partial charge in [0, 0.05) is 18.0 Å². The molecule has 1 heterocycles. The third-order valence-corrected chi connectivity index (χ3v) is 2.92. The largest absolute Gasteiger partial charge is 0.340 e. The molecule has 0 aromatic carbocycles. The highest BCUT2D eigenvalue weighted by Gasteiger charge is 2.09. The normalized spacial score (nSPS) is 10.7. The van der Waals surface area contributed by atoms with E-state index in [4.69, 9.17) is 0 Å². The number of likely N-dealkylation sites (N-methyl/N-ethyl adjacent to an activating group) is 1. The molecule has 0 aliphatic heterocycles. The maximum Gasteiger partial charge on any atom is 0.236 e. The van der Waals surface area contributed by atoms with Gasteiger partial charge < -0.3 is 10.2 Å². The maximum atomic E-state index is 11.6. The number of carbonyl (C=O) groups is 1. The van der Waals surface area contributed by atoms with E-state index in [1.54, 1.807) is 16.2 Å². The molecule has 1 aromatic heterocycles. The standard InChI is InChI=1S/C11H18N2OS/c1-9(2)12-7-11(14)13(3)8-10-5-4-6-15-10/h4-6,9,12H,7-8H2,1-3H3. The lowest BCUT2D eigenvalue weighted by Gasteiger charge is -2.17. The van der Waals surface area contributed by atoms with E-state index in [0.717, 1.165) is 0 Å². The summed E-state index contributed by atoms with van der Waals surface area (Å²) in [5, 5.41) is 5.15. The minimum absolute atomic E-state index is 0.136. The average Bonchev–Trinajstić information content (AvgIpc) is 2.66. The fourth-order valence-corrected chi connectivity index (χ4v) is 1.91. The molecule has 0 saturated carbocycles. The lowest BCUT2D eigenvalue weighted by molar-refractivity contribution is -0.129. The molecule has 1 amide bonds. The summed E-state index contributed by atoms with van der Waals surface area (Å²) in [6, 6.07) is 4.40. The summed E-state index contributed by atoms with van der Waals surface area (Å²) in [5.41, 5.74) is 0. The molecule has 0 saturated heterocycles. The van der Waals surface area contributed by atoms with Crippen LogP contribution >= 0.6 is 11.3 Å². The van der Waals surface area contributed by atoms with Gasteiger partial charge in [0.2, 0.25) is 5.91 Å². The maximum absolute atomic E-state index is 11.6. The Labute approximate surface area is 95.1 Å². The Kier molecular flexibility index (Phi) is 4.78. The van der Waals surface area contributed by atoms with Gasteiger partial charge in [-0.05, 0) is 11.4 Å². The Bertz CT molecular complexity index is 296. The summed E-state index contributed by atoms with van der Waals surface area (Å²) in [7, 11) is 1.84. The van der Waals surface area contributed by atoms with Gasteiger partial charge in [-0.1, -0.05) is 19.9 Å². The Morgan fingerprint density at radius 3 is 2.87 bits per heavy atom. The second kappa shape index (κ2) is 5.88. The van der Waals surface area contributed by atoms with Gasteiger partial charge in [-0.25, -0.2) is 0 Å². The van der Waals surface area contributed by atoms with Crippen molar-refractivity contribution in [3.63, 3.8) is 0 Å². The molecule has 0 aliphatic carbocycles. The zero-order valence-corrected chi connectivity index (χ0v) is 10.3. The number of thiophene rings is 1. The van der Waals surface area contributed by atoms with Gasteiger partial charge in [-0.2, -0.15) is 0 Å². The predicted molar refractivity (Wildman–Crippen MR) is 63.9 cm³/mol. The van der Waals surface area contributed by atoms with Crippen LogP contribution in [-0.4, -0.2) is 30.4 Å². The van der Waals surface area contributed by atoms with Crippen LogP contribution in [0.4, 0.5) is 0 Å². The molecule has 1 N–H and O–H groups in total. The number of rotatable bonds is 5. The zero-order valence-electron chi connectivity index (χ0n) is 9.49. The molecule has 3 nitrogen and oxygen atoms in total. The lowest BCUT2D eigenvalue weighted by Crippen LogP contribution is -2.37. The molecule has 0 radical (unpaired) electrons. The first kappa shape index (κ1) is 12.2. The fraction of sp³-hybridized carbons (Fsp3) is 0.545. The first-order chi connectivity index (χ1) is 7.09. The zero-order chi connectivity index (χ0) is 11.3. The number of hydrogen-bond acceptors (Lipinski definition) is 3. The first-order valence-electron chi connectivity index (χ1n) is 5.09. The Hall–Kier alpha value is -0.870. The molecule has 1 rings (SSSR count). The van der Waals surface area contributed by atoms with Gasteiger partial charge in [0.15, 0.2) is 0 Å². The molecule has 0 bridgehead atoms. The summed E-state index contributed by atoms with van der Waals surface area (Å²) in [5.74, 6) is 0.136. The molecule has 0 unspecified atom stereocenters. The average molecular weight is 226 g/mol. The summed E-state index contributed by atoms with van der Waals surface area (Å²) in [6.45, 7) is 5.19. The van der Waals surface area contributed by atoms with Crippen LogP contribution in [0.5, 0.6) is 0 Å². The monoisotopic (exact) mass is 226 g/mol. The van der Waals surface area contributed by atoms with Crippen molar-refractivity contribution in [2.24, 2.45) is 0 Å². The molecule has 1 aromatic rings. The van der Waals surface area contributed by atoms with Crippen molar-refractivity contribution in [1.29, 1.82) is 0 Å². The van der Waals surface area contributed by atoms with Crippen LogP contribution in [-0.2, 0) is 11.3 Å². The molecule has 0 aliphatic rings. The van der Waals surface area contributed by atoms with Crippen molar-refractivity contribution in [1.82, 2.24) is 10.2 Å². The molecular formula is C11H18N2OS. The Morgan fingerprint density at radius 2 is 2.33 bits per heavy atom. The quantitative estimate of drug-likeness (QED) is 0.829. The molecular weight excluding hydrogens is 208 g/mol. The van der Waals surface area contributed by atoms with Gasteiger partial charge in [-0.3, -0.25) is 4.79 Å². The minimum Gasteiger partial charge on any atom is -0.340 e. The topological polar surface area (TPSA) is 32.3 Å². The molecule has 84 valence electrons. The van der Waals surface area contributed by atoms with Crippen LogP contribution in [0.25, 0.3) is 0 Å². The second-order valence-electron chi connectivity index (χ2n) is 3.86. The van der Waals surface area contributed by atoms with E-state index >= 15 is 0 Å². The highest BCUT2D eigenvalue weighted by molar-refractivity contribution is 7.09. The number of nitrogens with one attached hydrogen (secondary N) is 1. The van der Waals surface area contributed by atoms with Crippen molar-refractivity contribution in [3.05, 3.63) is 22.4 Å². The second-order valence-corrected chi connectivity index (χ2v) is 4.90. The number of hydrogen-bond donors (Lipinski definition) is 1. The van der Waals surface area contributed by atoms with Crippen molar-refractivity contribution in [2.75, 3.05) is 13.6 Å². The van der Waals surface area contributed by atoms with Crippen LogP contribution in [0.15, 0.2) is 17.5 Å². The third-order valence-electron chi connectivity index (χ3n) is 2.06. The Morgan fingerprint density at radius 1 is 1.60 bits per heavy atom. The minimum atomic E-state index is 0.136. The van der Waals surface area contributed by atoms with Gasteiger partial charge in [0.25, 0.3) is 0 Å². The van der Waals surface area contributed by atoms with Crippen LogP contribution in [0.2, 0.25) is 0 Å². The molecule has 0 fully saturated rings. The van der Waals surface area contributed by atoms with E-state index in [2.05, 4.69) is 5.32 Å². The molecule has 4 heteroatoms. The van der Waals surface area contributed by atoms with Crippen molar-refractivity contribution in [3.8, 4) is 0 Å². The van der Waals surface area contributed by atoms with Crippen LogP contribution in [0.3, 0.4) is 0 Å². The number of nitrogens with zero attached hydrogens (tertiary/aromatic N) is 1. The Balaban J connectivity index is 2.33. The summed E-state index contributed by atoms with van der Waals surface area (Å²) < 4.78 is 0. The van der Waals surface area contributed by atoms with Crippen molar-refractivity contribution >= 4 is 17.2 Å². The van der Waals surface area contributed by atoms with E-state index in [-0.39, 0.29) is 5.91 Å². The number of carbonyl (C=O) groups excluding carboxylic acids is 1. The van der Waals surface area contributed by atoms with Crippen molar-refractivity contribution in [2.45, 2.75) is 26.4 Å². The summed E-state index contributed by atoms with van der Waals surface area (Å²) >= 11 is 1.68. The third kappa shape index (κ3) is 4.44. The summed E-state index contributed by atoms with van der Waals surface area (Å²) in [4.78, 5) is 14.6. The van der Waals surface area contributed by atoms with Crippen LogP contribution in [0.1, 0.15) is 18.7 Å². The molecule has 0 spiro atoms. The molecule has 0 atom stereocenters. The van der Waals surface area contributed by atoms with Crippen molar-refractivity contribution < 1.29 is 4.79 Å². The van der Waals surface area contributed by atoms with Crippen LogP contribution in [0, 0.1) is 0 Å². The van der Waals surface area contributed by atoms with Gasteiger partial charge in [-0.15, -0.1) is 11.3 Å². The van der Waals surface area contributed by atoms with Gasteiger partial charge in [0.1, 0.15) is 0 Å². The lowest BCUT2D eigenvalue weighted by atomic mass is 10.3. The van der Waals surface area contributed by atoms with E-state index in [9.17, 15) is 4.79 Å². The smallest absolute Gasteiger partial charge is 0.236 e.